The molecular weight excluding hydrogens is 324 g/mol. The van der Waals surface area contributed by atoms with Gasteiger partial charge in [-0.2, -0.15) is 11.8 Å². The van der Waals surface area contributed by atoms with Crippen molar-refractivity contribution in [2.75, 3.05) is 6.26 Å². The Kier molecular flexibility index (Phi) is 6.05. The molecule has 1 aliphatic heterocycles. The van der Waals surface area contributed by atoms with Crippen LogP contribution in [0.3, 0.4) is 0 Å². The van der Waals surface area contributed by atoms with Crippen LogP contribution in [-0.4, -0.2) is 34.5 Å². The summed E-state index contributed by atoms with van der Waals surface area (Å²) >= 11 is 1.65. The number of carbonyl (C=O) groups is 2. The maximum absolute atomic E-state index is 12.8. The van der Waals surface area contributed by atoms with E-state index in [0.717, 1.165) is 25.7 Å². The fourth-order valence-corrected chi connectivity index (χ4v) is 4.09. The highest BCUT2D eigenvalue weighted by Crippen LogP contribution is 2.41. The van der Waals surface area contributed by atoms with Crippen molar-refractivity contribution in [3.8, 4) is 0 Å². The summed E-state index contributed by atoms with van der Waals surface area (Å²) in [6.45, 7) is 8.72. The third kappa shape index (κ3) is 4.16. The number of cyclic esters (lactones) is 1. The van der Waals surface area contributed by atoms with E-state index in [-0.39, 0.29) is 33.7 Å². The second-order valence-corrected chi connectivity index (χ2v) is 9.49. The molecule has 2 atom stereocenters. The molecule has 1 saturated carbocycles. The zero-order valence-corrected chi connectivity index (χ0v) is 16.2. The second kappa shape index (κ2) is 7.51. The number of Topliss-reactive ketones (excluding diaryl/α,β-unsaturated/α-hetero) is 1. The van der Waals surface area contributed by atoms with Gasteiger partial charge in [-0.05, 0) is 43.3 Å². The lowest BCUT2D eigenvalue weighted by molar-refractivity contribution is -0.141. The van der Waals surface area contributed by atoms with E-state index in [2.05, 4.69) is 20.8 Å². The fourth-order valence-electron chi connectivity index (χ4n) is 3.72. The number of ketones is 1. The van der Waals surface area contributed by atoms with Gasteiger partial charge in [0.15, 0.2) is 17.6 Å². The Labute approximate surface area is 149 Å². The molecule has 1 aliphatic carbocycles. The second-order valence-electron chi connectivity index (χ2n) is 8.22. The SMILES string of the molecule is CSC(C)CC1OC(=O)C(C(=O)C2CCC(C(C)(C)C)CC2)=C1O. The van der Waals surface area contributed by atoms with Crippen molar-refractivity contribution in [3.05, 3.63) is 11.3 Å². The van der Waals surface area contributed by atoms with Crippen LogP contribution in [0.15, 0.2) is 11.3 Å². The molecule has 5 heteroatoms. The van der Waals surface area contributed by atoms with Gasteiger partial charge in [0, 0.05) is 17.6 Å². The summed E-state index contributed by atoms with van der Waals surface area (Å²) in [6, 6.07) is 0. The summed E-state index contributed by atoms with van der Waals surface area (Å²) in [5.74, 6) is -0.568. The Morgan fingerprint density at radius 2 is 1.88 bits per heavy atom. The highest BCUT2D eigenvalue weighted by molar-refractivity contribution is 7.99. The number of carbonyl (C=O) groups excluding carboxylic acids is 2. The monoisotopic (exact) mass is 354 g/mol. The molecule has 2 rings (SSSR count). The largest absolute Gasteiger partial charge is 0.507 e. The molecule has 0 aromatic heterocycles. The lowest BCUT2D eigenvalue weighted by Crippen LogP contribution is -2.30. The number of rotatable bonds is 5. The van der Waals surface area contributed by atoms with Crippen LogP contribution >= 0.6 is 11.8 Å². The molecule has 0 saturated heterocycles. The first-order chi connectivity index (χ1) is 11.1. The van der Waals surface area contributed by atoms with Gasteiger partial charge in [0.05, 0.1) is 0 Å². The molecule has 4 nitrogen and oxygen atoms in total. The van der Waals surface area contributed by atoms with Crippen LogP contribution in [0, 0.1) is 17.3 Å². The zero-order valence-electron chi connectivity index (χ0n) is 15.4. The van der Waals surface area contributed by atoms with Crippen LogP contribution in [0.1, 0.15) is 59.8 Å². The van der Waals surface area contributed by atoms with Gasteiger partial charge in [-0.25, -0.2) is 4.79 Å². The Bertz CT molecular complexity index is 524. The van der Waals surface area contributed by atoms with Crippen molar-refractivity contribution in [3.63, 3.8) is 0 Å². The Hall–Kier alpha value is -0.970. The average Bonchev–Trinajstić information content (AvgIpc) is 2.80. The number of aliphatic hydroxyl groups excluding tert-OH is 1. The van der Waals surface area contributed by atoms with Gasteiger partial charge in [-0.3, -0.25) is 4.79 Å². The van der Waals surface area contributed by atoms with E-state index in [1.54, 1.807) is 11.8 Å². The number of thioether (sulfide) groups is 1. The van der Waals surface area contributed by atoms with Crippen molar-refractivity contribution in [1.82, 2.24) is 0 Å². The Morgan fingerprint density at radius 3 is 2.38 bits per heavy atom. The van der Waals surface area contributed by atoms with Crippen molar-refractivity contribution >= 4 is 23.5 Å². The maximum Gasteiger partial charge on any atom is 0.346 e. The molecule has 24 heavy (non-hydrogen) atoms. The van der Waals surface area contributed by atoms with E-state index >= 15 is 0 Å². The topological polar surface area (TPSA) is 63.6 Å². The van der Waals surface area contributed by atoms with Gasteiger partial charge in [0.25, 0.3) is 0 Å². The number of esters is 1. The van der Waals surface area contributed by atoms with E-state index in [0.29, 0.717) is 12.3 Å². The zero-order chi connectivity index (χ0) is 18.1. The van der Waals surface area contributed by atoms with Crippen LogP contribution in [-0.2, 0) is 14.3 Å². The Balaban J connectivity index is 2.05. The number of hydrogen-bond acceptors (Lipinski definition) is 5. The standard InChI is InChI=1S/C19H30O4S/c1-11(24-5)10-14-17(21)15(18(22)23-14)16(20)12-6-8-13(9-7-12)19(2,3)4/h11-14,21H,6-10H2,1-5H3. The van der Waals surface area contributed by atoms with Gasteiger partial charge in [0.1, 0.15) is 5.57 Å². The molecule has 0 aromatic rings. The third-order valence-corrected chi connectivity index (χ3v) is 6.53. The molecule has 0 radical (unpaired) electrons. The van der Waals surface area contributed by atoms with E-state index in [1.165, 1.54) is 0 Å². The molecule has 0 amide bonds. The lowest BCUT2D eigenvalue weighted by atomic mass is 9.68. The predicted molar refractivity (Wildman–Crippen MR) is 97.0 cm³/mol. The molecule has 1 fully saturated rings. The van der Waals surface area contributed by atoms with Crippen molar-refractivity contribution in [2.24, 2.45) is 17.3 Å². The Morgan fingerprint density at radius 1 is 1.29 bits per heavy atom. The fraction of sp³-hybridized carbons (Fsp3) is 0.789. The summed E-state index contributed by atoms with van der Waals surface area (Å²) in [7, 11) is 0. The van der Waals surface area contributed by atoms with E-state index in [9.17, 15) is 14.7 Å². The highest BCUT2D eigenvalue weighted by Gasteiger charge is 2.42. The lowest BCUT2D eigenvalue weighted by Gasteiger charge is -2.36. The highest BCUT2D eigenvalue weighted by atomic mass is 32.2. The minimum Gasteiger partial charge on any atom is -0.507 e. The number of ether oxygens (including phenoxy) is 1. The summed E-state index contributed by atoms with van der Waals surface area (Å²) in [6.07, 6.45) is 5.41. The molecular formula is C19H30O4S. The quantitative estimate of drug-likeness (QED) is 0.589. The molecule has 0 bridgehead atoms. The number of aliphatic hydroxyl groups is 1. The van der Waals surface area contributed by atoms with Gasteiger partial charge in [-0.15, -0.1) is 0 Å². The van der Waals surface area contributed by atoms with Gasteiger partial charge in [0.2, 0.25) is 0 Å². The third-order valence-electron chi connectivity index (χ3n) is 5.53. The first-order valence-electron chi connectivity index (χ1n) is 8.86. The van der Waals surface area contributed by atoms with Gasteiger partial charge in [-0.1, -0.05) is 27.7 Å². The van der Waals surface area contributed by atoms with Crippen LogP contribution in [0.4, 0.5) is 0 Å². The first-order valence-corrected chi connectivity index (χ1v) is 10.1. The van der Waals surface area contributed by atoms with Crippen LogP contribution in [0.5, 0.6) is 0 Å². The molecule has 136 valence electrons. The number of hydrogen-bond donors (Lipinski definition) is 1. The van der Waals surface area contributed by atoms with Crippen LogP contribution < -0.4 is 0 Å². The van der Waals surface area contributed by atoms with E-state index < -0.39 is 12.1 Å². The molecule has 2 aliphatic rings. The summed E-state index contributed by atoms with van der Waals surface area (Å²) in [5, 5.41) is 10.6. The normalized spacial score (nSPS) is 29.5. The average molecular weight is 355 g/mol. The summed E-state index contributed by atoms with van der Waals surface area (Å²) in [5.41, 5.74) is 0.160. The molecule has 1 N–H and O–H groups in total. The minimum atomic E-state index is -0.662. The molecule has 0 spiro atoms. The van der Waals surface area contributed by atoms with Crippen molar-refractivity contribution in [1.29, 1.82) is 0 Å². The van der Waals surface area contributed by atoms with Crippen molar-refractivity contribution < 1.29 is 19.4 Å². The molecule has 1 heterocycles. The minimum absolute atomic E-state index is 0.0903. The predicted octanol–water partition coefficient (Wildman–Crippen LogP) is 4.29. The molecule has 0 aromatic carbocycles. The van der Waals surface area contributed by atoms with Crippen molar-refractivity contribution in [2.45, 2.75) is 71.2 Å². The van der Waals surface area contributed by atoms with Crippen LogP contribution in [0.2, 0.25) is 0 Å². The van der Waals surface area contributed by atoms with Gasteiger partial charge < -0.3 is 9.84 Å². The first kappa shape index (κ1) is 19.4. The van der Waals surface area contributed by atoms with Gasteiger partial charge >= 0.3 is 5.97 Å². The molecule has 2 unspecified atom stereocenters. The summed E-state index contributed by atoms with van der Waals surface area (Å²) < 4.78 is 5.25. The van der Waals surface area contributed by atoms with E-state index in [4.69, 9.17) is 4.74 Å². The maximum atomic E-state index is 12.8. The smallest absolute Gasteiger partial charge is 0.346 e. The van der Waals surface area contributed by atoms with Crippen LogP contribution in [0.25, 0.3) is 0 Å². The van der Waals surface area contributed by atoms with E-state index in [1.807, 2.05) is 13.2 Å². The summed E-state index contributed by atoms with van der Waals surface area (Å²) in [4.78, 5) is 24.9.